The molecule has 0 N–H and O–H groups in total. The number of hydrogen-bond acceptors (Lipinski definition) is 3. The van der Waals surface area contributed by atoms with E-state index in [9.17, 15) is 4.79 Å². The molecule has 0 aliphatic rings. The highest BCUT2D eigenvalue weighted by atomic mass is 79.9. The van der Waals surface area contributed by atoms with Crippen LogP contribution in [0.4, 0.5) is 0 Å². The van der Waals surface area contributed by atoms with Gasteiger partial charge in [0.1, 0.15) is 5.75 Å². The fraction of sp³-hybridized carbons (Fsp3) is 0.200. The summed E-state index contributed by atoms with van der Waals surface area (Å²) in [5, 5.41) is 4.33. The molecule has 0 atom stereocenters. The average molecular weight is 335 g/mol. The number of rotatable bonds is 5. The van der Waals surface area contributed by atoms with E-state index in [2.05, 4.69) is 21.0 Å². The fourth-order valence-corrected chi connectivity index (χ4v) is 2.14. The highest BCUT2D eigenvalue weighted by molar-refractivity contribution is 9.10. The first-order valence-corrected chi connectivity index (χ1v) is 7.02. The molecule has 0 saturated heterocycles. The van der Waals surface area contributed by atoms with Gasteiger partial charge in [0.25, 0.3) is 0 Å². The van der Waals surface area contributed by atoms with Crippen molar-refractivity contribution in [3.63, 3.8) is 0 Å². The van der Waals surface area contributed by atoms with Gasteiger partial charge in [-0.1, -0.05) is 0 Å². The molecule has 4 nitrogen and oxygen atoms in total. The van der Waals surface area contributed by atoms with E-state index in [1.165, 1.54) is 6.08 Å². The molecular weight excluding hydrogens is 320 g/mol. The minimum Gasteiger partial charge on any atom is -0.497 e. The molecule has 0 spiro atoms. The van der Waals surface area contributed by atoms with E-state index in [4.69, 9.17) is 4.74 Å². The molecule has 20 heavy (non-hydrogen) atoms. The lowest BCUT2D eigenvalue weighted by Gasteiger charge is -1.99. The van der Waals surface area contributed by atoms with Gasteiger partial charge in [-0.05, 0) is 59.3 Å². The molecule has 2 aromatic rings. The van der Waals surface area contributed by atoms with Crippen molar-refractivity contribution in [3.8, 4) is 5.75 Å². The van der Waals surface area contributed by atoms with Crippen LogP contribution in [0.25, 0.3) is 6.08 Å². The average Bonchev–Trinajstić information content (AvgIpc) is 2.85. The lowest BCUT2D eigenvalue weighted by molar-refractivity contribution is 0.104. The number of ketones is 1. The van der Waals surface area contributed by atoms with Gasteiger partial charge in [0.05, 0.1) is 17.3 Å². The minimum absolute atomic E-state index is 0.0643. The van der Waals surface area contributed by atoms with Gasteiger partial charge in [0, 0.05) is 18.3 Å². The van der Waals surface area contributed by atoms with Crippen molar-refractivity contribution in [2.45, 2.75) is 13.5 Å². The normalized spacial score (nSPS) is 10.9. The van der Waals surface area contributed by atoms with Crippen LogP contribution in [0.5, 0.6) is 5.75 Å². The molecule has 5 heteroatoms. The predicted molar refractivity (Wildman–Crippen MR) is 82.0 cm³/mol. The Balaban J connectivity index is 2.13. The Kier molecular flexibility index (Phi) is 4.74. The van der Waals surface area contributed by atoms with Gasteiger partial charge in [0.2, 0.25) is 0 Å². The second-order valence-electron chi connectivity index (χ2n) is 4.14. The summed E-state index contributed by atoms with van der Waals surface area (Å²) in [5.74, 6) is 0.667. The molecule has 0 aliphatic carbocycles. The molecule has 0 unspecified atom stereocenters. The monoisotopic (exact) mass is 334 g/mol. The zero-order valence-electron chi connectivity index (χ0n) is 11.3. The van der Waals surface area contributed by atoms with E-state index < -0.39 is 0 Å². The number of halogens is 1. The lowest BCUT2D eigenvalue weighted by Crippen LogP contribution is -1.95. The van der Waals surface area contributed by atoms with Crippen LogP contribution in [-0.4, -0.2) is 22.7 Å². The van der Waals surface area contributed by atoms with Crippen molar-refractivity contribution < 1.29 is 9.53 Å². The van der Waals surface area contributed by atoms with Crippen molar-refractivity contribution in [2.75, 3.05) is 7.11 Å². The maximum atomic E-state index is 12.0. The Morgan fingerprint density at radius 3 is 2.65 bits per heavy atom. The highest BCUT2D eigenvalue weighted by Crippen LogP contribution is 2.17. The lowest BCUT2D eigenvalue weighted by atomic mass is 10.1. The number of nitrogens with zero attached hydrogens (tertiary/aromatic N) is 2. The maximum absolute atomic E-state index is 12.0. The summed E-state index contributed by atoms with van der Waals surface area (Å²) in [4.78, 5) is 12.0. The Bertz CT molecular complexity index is 630. The molecule has 0 aliphatic heterocycles. The molecule has 0 fully saturated rings. The van der Waals surface area contributed by atoms with Crippen molar-refractivity contribution in [1.82, 2.24) is 9.78 Å². The number of ether oxygens (including phenoxy) is 1. The van der Waals surface area contributed by atoms with E-state index in [-0.39, 0.29) is 5.78 Å². The third-order valence-electron chi connectivity index (χ3n) is 2.83. The highest BCUT2D eigenvalue weighted by Gasteiger charge is 2.05. The van der Waals surface area contributed by atoms with E-state index in [1.807, 2.05) is 17.8 Å². The van der Waals surface area contributed by atoms with Crippen LogP contribution in [0, 0.1) is 0 Å². The first kappa shape index (κ1) is 14.5. The second kappa shape index (κ2) is 6.52. The number of hydrogen-bond donors (Lipinski definition) is 0. The maximum Gasteiger partial charge on any atom is 0.185 e. The van der Waals surface area contributed by atoms with Crippen LogP contribution < -0.4 is 4.74 Å². The summed E-state index contributed by atoms with van der Waals surface area (Å²) >= 11 is 3.42. The van der Waals surface area contributed by atoms with Gasteiger partial charge >= 0.3 is 0 Å². The van der Waals surface area contributed by atoms with Gasteiger partial charge in [-0.2, -0.15) is 5.10 Å². The zero-order chi connectivity index (χ0) is 14.5. The topological polar surface area (TPSA) is 44.1 Å². The molecule has 0 saturated carbocycles. The summed E-state index contributed by atoms with van der Waals surface area (Å²) in [6, 6.07) is 7.02. The smallest absolute Gasteiger partial charge is 0.185 e. The number of benzene rings is 1. The number of aryl methyl sites for hydroxylation is 1. The molecule has 0 amide bonds. The third-order valence-corrected chi connectivity index (χ3v) is 3.45. The number of carbonyl (C=O) groups excluding carboxylic acids is 1. The molecule has 2 rings (SSSR count). The summed E-state index contributed by atoms with van der Waals surface area (Å²) in [6.45, 7) is 2.80. The first-order valence-electron chi connectivity index (χ1n) is 6.23. The van der Waals surface area contributed by atoms with Crippen LogP contribution >= 0.6 is 15.9 Å². The van der Waals surface area contributed by atoms with Crippen molar-refractivity contribution in [1.29, 1.82) is 0 Å². The Morgan fingerprint density at radius 1 is 1.40 bits per heavy atom. The fourth-order valence-electron chi connectivity index (χ4n) is 1.69. The number of aromatic nitrogens is 2. The molecular formula is C15H15BrN2O2. The largest absolute Gasteiger partial charge is 0.497 e. The Labute approximate surface area is 126 Å². The number of methoxy groups -OCH3 is 1. The van der Waals surface area contributed by atoms with Gasteiger partial charge in [-0.25, -0.2) is 0 Å². The standard InChI is InChI=1S/C15H15BrN2O2/c1-3-18-10-13(16)14(17-18)8-9-15(19)11-4-6-12(20-2)7-5-11/h4-10H,3H2,1-2H3/b9-8+. The van der Waals surface area contributed by atoms with Gasteiger partial charge < -0.3 is 4.74 Å². The number of carbonyl (C=O) groups is 1. The molecule has 1 aromatic heterocycles. The quantitative estimate of drug-likeness (QED) is 0.620. The second-order valence-corrected chi connectivity index (χ2v) is 5.00. The van der Waals surface area contributed by atoms with Crippen molar-refractivity contribution >= 4 is 27.8 Å². The van der Waals surface area contributed by atoms with Crippen LogP contribution in [0.15, 0.2) is 41.0 Å². The molecule has 0 bridgehead atoms. The van der Waals surface area contributed by atoms with Crippen LogP contribution in [-0.2, 0) is 6.54 Å². The molecule has 0 radical (unpaired) electrons. The summed E-state index contributed by atoms with van der Waals surface area (Å²) in [7, 11) is 1.60. The van der Waals surface area contributed by atoms with E-state index >= 15 is 0 Å². The van der Waals surface area contributed by atoms with Gasteiger partial charge in [-0.15, -0.1) is 0 Å². The van der Waals surface area contributed by atoms with Gasteiger partial charge in [0.15, 0.2) is 5.78 Å². The molecule has 104 valence electrons. The van der Waals surface area contributed by atoms with Crippen LogP contribution in [0.1, 0.15) is 23.0 Å². The number of allylic oxidation sites excluding steroid dienone is 1. The van der Waals surface area contributed by atoms with E-state index in [0.29, 0.717) is 5.56 Å². The van der Waals surface area contributed by atoms with Gasteiger partial charge in [-0.3, -0.25) is 9.48 Å². The van der Waals surface area contributed by atoms with Crippen molar-refractivity contribution in [3.05, 3.63) is 52.3 Å². The minimum atomic E-state index is -0.0643. The van der Waals surface area contributed by atoms with E-state index in [0.717, 1.165) is 22.5 Å². The summed E-state index contributed by atoms with van der Waals surface area (Å²) in [6.07, 6.45) is 5.12. The van der Waals surface area contributed by atoms with E-state index in [1.54, 1.807) is 37.5 Å². The third kappa shape index (κ3) is 3.36. The Morgan fingerprint density at radius 2 is 2.10 bits per heavy atom. The van der Waals surface area contributed by atoms with Crippen LogP contribution in [0.3, 0.4) is 0 Å². The molecule has 1 aromatic carbocycles. The first-order chi connectivity index (χ1) is 9.63. The Hall–Kier alpha value is -1.88. The van der Waals surface area contributed by atoms with Crippen LogP contribution in [0.2, 0.25) is 0 Å². The SMILES string of the molecule is CCn1cc(Br)c(/C=C/C(=O)c2ccc(OC)cc2)n1. The predicted octanol–water partition coefficient (Wildman–Crippen LogP) is 3.57. The summed E-state index contributed by atoms with van der Waals surface area (Å²) < 4.78 is 7.74. The zero-order valence-corrected chi connectivity index (χ0v) is 12.9. The summed E-state index contributed by atoms with van der Waals surface area (Å²) in [5.41, 5.74) is 1.36. The molecule has 1 heterocycles. The van der Waals surface area contributed by atoms with Crippen molar-refractivity contribution in [2.24, 2.45) is 0 Å².